The van der Waals surface area contributed by atoms with Crippen molar-refractivity contribution in [2.45, 2.75) is 51.9 Å². The van der Waals surface area contributed by atoms with E-state index in [0.29, 0.717) is 35.3 Å². The number of fused-ring (bicyclic) bond motifs is 1. The van der Waals surface area contributed by atoms with Gasteiger partial charge in [0.1, 0.15) is 5.82 Å². The maximum Gasteiger partial charge on any atom is 0.330 e. The van der Waals surface area contributed by atoms with Gasteiger partial charge in [-0.3, -0.25) is 23.6 Å². The van der Waals surface area contributed by atoms with Crippen molar-refractivity contribution in [2.24, 2.45) is 20.0 Å². The molecule has 208 valence electrons. The van der Waals surface area contributed by atoms with Gasteiger partial charge in [-0.25, -0.2) is 14.2 Å². The Hall–Kier alpha value is -3.02. The third kappa shape index (κ3) is 5.84. The van der Waals surface area contributed by atoms with E-state index in [1.165, 1.54) is 35.9 Å². The van der Waals surface area contributed by atoms with Crippen LogP contribution >= 0.6 is 0 Å². The van der Waals surface area contributed by atoms with E-state index in [1.807, 2.05) is 4.57 Å². The van der Waals surface area contributed by atoms with Gasteiger partial charge in [0.25, 0.3) is 5.56 Å². The summed E-state index contributed by atoms with van der Waals surface area (Å²) in [5, 5.41) is 1.47. The van der Waals surface area contributed by atoms with Gasteiger partial charge < -0.3 is 8.99 Å². The molecule has 0 N–H and O–H groups in total. The van der Waals surface area contributed by atoms with E-state index < -0.39 is 25.4 Å². The SMILES string of the molecule is CON(C)C(=O)CC(CO[Si](C)(C)C(C)(C)C)Cn1cc2c(c1-c1cccc(F)c1)c(=O)n(C)c(=O)n2C. The number of nitrogens with zero attached hydrogens (tertiary/aromatic N) is 4. The minimum absolute atomic E-state index is 0.0236. The summed E-state index contributed by atoms with van der Waals surface area (Å²) in [4.78, 5) is 43.9. The van der Waals surface area contributed by atoms with Crippen LogP contribution in [0.4, 0.5) is 4.39 Å². The predicted molar refractivity (Wildman–Crippen MR) is 149 cm³/mol. The first-order chi connectivity index (χ1) is 17.6. The molecule has 0 saturated heterocycles. The number of carbonyl (C=O) groups excluding carboxylic acids is 1. The number of aryl methyl sites for hydroxylation is 1. The zero-order valence-electron chi connectivity index (χ0n) is 23.8. The van der Waals surface area contributed by atoms with E-state index in [1.54, 1.807) is 32.4 Å². The van der Waals surface area contributed by atoms with Crippen molar-refractivity contribution < 1.29 is 18.4 Å². The summed E-state index contributed by atoms with van der Waals surface area (Å²) in [5.74, 6) is -0.951. The first-order valence-electron chi connectivity index (χ1n) is 12.6. The van der Waals surface area contributed by atoms with Crippen molar-refractivity contribution in [1.29, 1.82) is 0 Å². The van der Waals surface area contributed by atoms with Crippen LogP contribution in [0, 0.1) is 11.7 Å². The van der Waals surface area contributed by atoms with E-state index in [2.05, 4.69) is 33.9 Å². The summed E-state index contributed by atoms with van der Waals surface area (Å²) in [6, 6.07) is 6.00. The van der Waals surface area contributed by atoms with Crippen molar-refractivity contribution >= 4 is 25.1 Å². The number of benzene rings is 1. The third-order valence-corrected chi connectivity index (χ3v) is 12.1. The molecule has 2 aromatic heterocycles. The van der Waals surface area contributed by atoms with Crippen LogP contribution in [0.25, 0.3) is 22.2 Å². The average Bonchev–Trinajstić information content (AvgIpc) is 3.22. The summed E-state index contributed by atoms with van der Waals surface area (Å²) in [7, 11) is 3.86. The summed E-state index contributed by atoms with van der Waals surface area (Å²) in [6.45, 7) is 11.4. The second-order valence-corrected chi connectivity index (χ2v) is 16.1. The highest BCUT2D eigenvalue weighted by atomic mass is 28.4. The highest BCUT2D eigenvalue weighted by molar-refractivity contribution is 6.74. The first-order valence-corrected chi connectivity index (χ1v) is 15.5. The number of carbonyl (C=O) groups is 1. The molecule has 9 nitrogen and oxygen atoms in total. The number of hydroxylamine groups is 2. The normalized spacial score (nSPS) is 13.2. The Balaban J connectivity index is 2.18. The molecule has 3 rings (SSSR count). The average molecular weight is 547 g/mol. The smallest absolute Gasteiger partial charge is 0.330 e. The van der Waals surface area contributed by atoms with Gasteiger partial charge >= 0.3 is 5.69 Å². The monoisotopic (exact) mass is 546 g/mol. The van der Waals surface area contributed by atoms with Crippen LogP contribution in [0.5, 0.6) is 0 Å². The second kappa shape index (κ2) is 11.0. The summed E-state index contributed by atoms with van der Waals surface area (Å²) < 4.78 is 25.1. The number of halogens is 1. The van der Waals surface area contributed by atoms with Crippen LogP contribution in [0.3, 0.4) is 0 Å². The number of hydrogen-bond acceptors (Lipinski definition) is 5. The molecule has 11 heteroatoms. The zero-order chi connectivity index (χ0) is 28.6. The van der Waals surface area contributed by atoms with E-state index in [-0.39, 0.29) is 23.3 Å². The lowest BCUT2D eigenvalue weighted by Crippen LogP contribution is -2.42. The lowest BCUT2D eigenvalue weighted by molar-refractivity contribution is -0.170. The molecule has 0 aliphatic carbocycles. The number of hydrogen-bond donors (Lipinski definition) is 0. The van der Waals surface area contributed by atoms with Gasteiger partial charge in [-0.15, -0.1) is 0 Å². The van der Waals surface area contributed by atoms with Crippen LogP contribution in [0.2, 0.25) is 18.1 Å². The largest absolute Gasteiger partial charge is 0.416 e. The van der Waals surface area contributed by atoms with Crippen molar-refractivity contribution in [2.75, 3.05) is 20.8 Å². The zero-order valence-corrected chi connectivity index (χ0v) is 24.8. The molecule has 1 unspecified atom stereocenters. The number of aromatic nitrogens is 3. The third-order valence-electron chi connectivity index (χ3n) is 7.64. The molecule has 1 aromatic carbocycles. The predicted octanol–water partition coefficient (Wildman–Crippen LogP) is 3.89. The van der Waals surface area contributed by atoms with Crippen LogP contribution in [-0.4, -0.2) is 53.8 Å². The van der Waals surface area contributed by atoms with E-state index in [9.17, 15) is 18.8 Å². The van der Waals surface area contributed by atoms with Gasteiger partial charge in [0.15, 0.2) is 8.32 Å². The minimum atomic E-state index is -2.13. The fourth-order valence-electron chi connectivity index (χ4n) is 4.15. The quantitative estimate of drug-likeness (QED) is 0.300. The minimum Gasteiger partial charge on any atom is -0.416 e. The molecule has 0 fully saturated rings. The van der Waals surface area contributed by atoms with Crippen LogP contribution in [0.1, 0.15) is 27.2 Å². The van der Waals surface area contributed by atoms with Crippen molar-refractivity contribution in [3.05, 3.63) is 57.1 Å². The summed E-state index contributed by atoms with van der Waals surface area (Å²) in [5.41, 5.74) is 0.494. The molecule has 1 atom stereocenters. The van der Waals surface area contributed by atoms with Gasteiger partial charge in [0, 0.05) is 58.4 Å². The molecule has 3 aromatic rings. The van der Waals surface area contributed by atoms with Gasteiger partial charge in [-0.2, -0.15) is 0 Å². The van der Waals surface area contributed by atoms with Crippen molar-refractivity contribution in [3.8, 4) is 11.3 Å². The molecule has 0 aliphatic heterocycles. The Morgan fingerprint density at radius 3 is 2.39 bits per heavy atom. The van der Waals surface area contributed by atoms with Crippen molar-refractivity contribution in [3.63, 3.8) is 0 Å². The van der Waals surface area contributed by atoms with Crippen LogP contribution < -0.4 is 11.2 Å². The fraction of sp³-hybridized carbons (Fsp3) is 0.519. The first kappa shape index (κ1) is 29.5. The molecule has 1 amide bonds. The Labute approximate surface area is 223 Å². The summed E-state index contributed by atoms with van der Waals surface area (Å²) >= 11 is 0. The molecule has 0 spiro atoms. The van der Waals surface area contributed by atoms with Crippen molar-refractivity contribution in [1.82, 2.24) is 18.8 Å². The molecular weight excluding hydrogens is 507 g/mol. The number of amides is 1. The van der Waals surface area contributed by atoms with Gasteiger partial charge in [0.2, 0.25) is 5.91 Å². The van der Waals surface area contributed by atoms with E-state index >= 15 is 0 Å². The lowest BCUT2D eigenvalue weighted by atomic mass is 10.0. The molecular formula is C27H39FN4O5Si. The summed E-state index contributed by atoms with van der Waals surface area (Å²) in [6.07, 6.45) is 1.86. The maximum atomic E-state index is 14.3. The fourth-order valence-corrected chi connectivity index (χ4v) is 5.24. The van der Waals surface area contributed by atoms with Gasteiger partial charge in [-0.1, -0.05) is 32.9 Å². The highest BCUT2D eigenvalue weighted by Crippen LogP contribution is 2.37. The lowest BCUT2D eigenvalue weighted by Gasteiger charge is -2.37. The Bertz CT molecular complexity index is 1450. The standard InChI is InChI=1S/C27H39FN4O5Si/c1-27(2,3)38(8,9)37-17-18(13-22(33)31(6)36-7)15-32-16-21-23(25(34)30(5)26(35)29(21)4)24(32)19-11-10-12-20(28)14-19/h10-12,14,16,18H,13,15,17H2,1-9H3. The Kier molecular flexibility index (Phi) is 8.54. The molecule has 0 radical (unpaired) electrons. The van der Waals surface area contributed by atoms with E-state index in [4.69, 9.17) is 9.26 Å². The highest BCUT2D eigenvalue weighted by Gasteiger charge is 2.38. The molecule has 0 aliphatic rings. The molecule has 2 heterocycles. The maximum absolute atomic E-state index is 14.3. The molecule has 0 bridgehead atoms. The van der Waals surface area contributed by atoms with Crippen LogP contribution in [-0.2, 0) is 34.7 Å². The second-order valence-electron chi connectivity index (χ2n) is 11.3. The van der Waals surface area contributed by atoms with Crippen LogP contribution in [0.15, 0.2) is 40.1 Å². The topological polar surface area (TPSA) is 87.7 Å². The Morgan fingerprint density at radius 2 is 1.82 bits per heavy atom. The number of rotatable bonds is 9. The van der Waals surface area contributed by atoms with Gasteiger partial charge in [0.05, 0.1) is 23.7 Å². The Morgan fingerprint density at radius 1 is 1.16 bits per heavy atom. The van der Waals surface area contributed by atoms with E-state index in [0.717, 1.165) is 4.57 Å². The molecule has 38 heavy (non-hydrogen) atoms. The molecule has 0 saturated carbocycles. The van der Waals surface area contributed by atoms with Gasteiger partial charge in [-0.05, 0) is 30.3 Å².